The molecule has 8 heteroatoms. The third kappa shape index (κ3) is 5.92. The summed E-state index contributed by atoms with van der Waals surface area (Å²) in [6.45, 7) is -0.157. The molecule has 118 valence electrons. The number of halogens is 4. The Morgan fingerprint density at radius 2 is 1.95 bits per heavy atom. The van der Waals surface area contributed by atoms with Crippen molar-refractivity contribution < 1.29 is 18.3 Å². The summed E-state index contributed by atoms with van der Waals surface area (Å²) in [5, 5.41) is 11.5. The summed E-state index contributed by atoms with van der Waals surface area (Å²) >= 11 is 3.33. The minimum atomic E-state index is -4.64. The van der Waals surface area contributed by atoms with Crippen molar-refractivity contribution in [2.24, 2.45) is 4.99 Å². The first kappa shape index (κ1) is 17.8. The van der Waals surface area contributed by atoms with Crippen LogP contribution in [-0.4, -0.2) is 48.9 Å². The molecule has 0 amide bonds. The van der Waals surface area contributed by atoms with Gasteiger partial charge in [0.15, 0.2) is 12.1 Å². The van der Waals surface area contributed by atoms with Crippen molar-refractivity contribution in [1.29, 1.82) is 0 Å². The Balaban J connectivity index is 2.58. The van der Waals surface area contributed by atoms with E-state index in [1.165, 1.54) is 7.05 Å². The Kier molecular flexibility index (Phi) is 6.47. The second-order valence-corrected chi connectivity index (χ2v) is 5.38. The zero-order valence-corrected chi connectivity index (χ0v) is 13.2. The monoisotopic (exact) mass is 367 g/mol. The molecule has 0 spiro atoms. The first-order valence-electron chi connectivity index (χ1n) is 6.15. The molecule has 0 fully saturated rings. The zero-order chi connectivity index (χ0) is 16.0. The molecule has 4 nitrogen and oxygen atoms in total. The van der Waals surface area contributed by atoms with E-state index >= 15 is 0 Å². The standard InChI is InChI=1S/C13H17BrF3N3O/c1-18-12(19-7-11(21)13(15,16)17)20(2)8-9-3-5-10(14)6-4-9/h3-6,11,21H,7-8H2,1-2H3,(H,18,19). The van der Waals surface area contributed by atoms with Gasteiger partial charge in [0.25, 0.3) is 0 Å². The number of hydrogen-bond donors (Lipinski definition) is 2. The molecule has 1 atom stereocenters. The quantitative estimate of drug-likeness (QED) is 0.634. The molecular weight excluding hydrogens is 351 g/mol. The van der Waals surface area contributed by atoms with Crippen LogP contribution in [0.25, 0.3) is 0 Å². The number of hydrogen-bond acceptors (Lipinski definition) is 2. The summed E-state index contributed by atoms with van der Waals surface area (Å²) in [6, 6.07) is 7.57. The Labute approximate surface area is 129 Å². The maximum Gasteiger partial charge on any atom is 0.416 e. The highest BCUT2D eigenvalue weighted by molar-refractivity contribution is 9.10. The lowest BCUT2D eigenvalue weighted by Gasteiger charge is -2.24. The molecule has 0 radical (unpaired) electrons. The summed E-state index contributed by atoms with van der Waals surface area (Å²) in [6.07, 6.45) is -7.06. The van der Waals surface area contributed by atoms with Crippen LogP contribution in [-0.2, 0) is 6.54 Å². The lowest BCUT2D eigenvalue weighted by molar-refractivity contribution is -0.201. The maximum absolute atomic E-state index is 12.2. The highest BCUT2D eigenvalue weighted by Crippen LogP contribution is 2.19. The number of aliphatic hydroxyl groups is 1. The molecule has 0 aliphatic carbocycles. The van der Waals surface area contributed by atoms with Crippen molar-refractivity contribution in [3.05, 3.63) is 34.3 Å². The number of guanidine groups is 1. The number of alkyl halides is 3. The average molecular weight is 368 g/mol. The van der Waals surface area contributed by atoms with Crippen LogP contribution in [0, 0.1) is 0 Å². The number of aliphatic imine (C=N–C) groups is 1. The molecule has 1 aromatic carbocycles. The summed E-state index contributed by atoms with van der Waals surface area (Å²) in [5.41, 5.74) is 0.986. The summed E-state index contributed by atoms with van der Waals surface area (Å²) < 4.78 is 37.7. The Hall–Kier alpha value is -1.28. The molecule has 1 unspecified atom stereocenters. The third-order valence-corrected chi connectivity index (χ3v) is 3.27. The molecule has 0 bridgehead atoms. The van der Waals surface area contributed by atoms with E-state index in [-0.39, 0.29) is 5.96 Å². The molecule has 0 aromatic heterocycles. The van der Waals surface area contributed by atoms with Gasteiger partial charge < -0.3 is 15.3 Å². The molecule has 1 aromatic rings. The van der Waals surface area contributed by atoms with Crippen LogP contribution < -0.4 is 5.32 Å². The van der Waals surface area contributed by atoms with E-state index in [0.717, 1.165) is 10.0 Å². The van der Waals surface area contributed by atoms with Gasteiger partial charge in [-0.25, -0.2) is 0 Å². The van der Waals surface area contributed by atoms with Crippen LogP contribution in [0.3, 0.4) is 0 Å². The zero-order valence-electron chi connectivity index (χ0n) is 11.7. The summed E-state index contributed by atoms with van der Waals surface area (Å²) in [5.74, 6) is 0.279. The Bertz CT molecular complexity index is 477. The van der Waals surface area contributed by atoms with Gasteiger partial charge in [0.05, 0.1) is 6.54 Å². The number of nitrogens with one attached hydrogen (secondary N) is 1. The molecule has 0 saturated carbocycles. The molecular formula is C13H17BrF3N3O. The fourth-order valence-corrected chi connectivity index (χ4v) is 1.89. The second-order valence-electron chi connectivity index (χ2n) is 4.47. The van der Waals surface area contributed by atoms with Gasteiger partial charge in [0.1, 0.15) is 0 Å². The van der Waals surface area contributed by atoms with E-state index in [1.807, 2.05) is 24.3 Å². The van der Waals surface area contributed by atoms with Gasteiger partial charge in [0.2, 0.25) is 0 Å². The van der Waals surface area contributed by atoms with Gasteiger partial charge in [-0.1, -0.05) is 28.1 Å². The van der Waals surface area contributed by atoms with Crippen LogP contribution in [0.4, 0.5) is 13.2 Å². The van der Waals surface area contributed by atoms with Gasteiger partial charge in [-0.15, -0.1) is 0 Å². The van der Waals surface area contributed by atoms with E-state index in [4.69, 9.17) is 5.11 Å². The van der Waals surface area contributed by atoms with Crippen molar-refractivity contribution in [3.8, 4) is 0 Å². The predicted octanol–water partition coefficient (Wildman–Crippen LogP) is 2.38. The van der Waals surface area contributed by atoms with Crippen LogP contribution in [0.1, 0.15) is 5.56 Å². The van der Waals surface area contributed by atoms with Gasteiger partial charge in [-0.2, -0.15) is 13.2 Å². The molecule has 0 saturated heterocycles. The van der Waals surface area contributed by atoms with Crippen LogP contribution in [0.15, 0.2) is 33.7 Å². The minimum Gasteiger partial charge on any atom is -0.382 e. The third-order valence-electron chi connectivity index (χ3n) is 2.74. The van der Waals surface area contributed by atoms with Crippen LogP contribution in [0.2, 0.25) is 0 Å². The molecule has 0 heterocycles. The fourth-order valence-electron chi connectivity index (χ4n) is 1.63. The highest BCUT2D eigenvalue weighted by Gasteiger charge is 2.38. The topological polar surface area (TPSA) is 47.9 Å². The van der Waals surface area contributed by atoms with Crippen LogP contribution >= 0.6 is 15.9 Å². The molecule has 2 N–H and O–H groups in total. The van der Waals surface area contributed by atoms with E-state index < -0.39 is 18.8 Å². The normalized spacial score (nSPS) is 14.0. The van der Waals surface area contributed by atoms with Gasteiger partial charge in [-0.3, -0.25) is 4.99 Å². The second kappa shape index (κ2) is 7.65. The summed E-state index contributed by atoms with van der Waals surface area (Å²) in [7, 11) is 3.18. The van der Waals surface area contributed by atoms with Crippen LogP contribution in [0.5, 0.6) is 0 Å². The highest BCUT2D eigenvalue weighted by atomic mass is 79.9. The smallest absolute Gasteiger partial charge is 0.382 e. The predicted molar refractivity (Wildman–Crippen MR) is 79.0 cm³/mol. The molecule has 21 heavy (non-hydrogen) atoms. The number of nitrogens with zero attached hydrogens (tertiary/aromatic N) is 2. The Morgan fingerprint density at radius 3 is 2.43 bits per heavy atom. The maximum atomic E-state index is 12.2. The number of benzene rings is 1. The fraction of sp³-hybridized carbons (Fsp3) is 0.462. The molecule has 1 rings (SSSR count). The van der Waals surface area contributed by atoms with Crippen molar-refractivity contribution in [2.45, 2.75) is 18.8 Å². The van der Waals surface area contributed by atoms with Crippen molar-refractivity contribution in [1.82, 2.24) is 10.2 Å². The van der Waals surface area contributed by atoms with Gasteiger partial charge >= 0.3 is 6.18 Å². The number of rotatable bonds is 4. The SMILES string of the molecule is CN=C(NCC(O)C(F)(F)F)N(C)Cc1ccc(Br)cc1. The van der Waals surface area contributed by atoms with E-state index in [9.17, 15) is 13.2 Å². The molecule has 0 aliphatic heterocycles. The first-order valence-corrected chi connectivity index (χ1v) is 6.94. The lowest BCUT2D eigenvalue weighted by Crippen LogP contribution is -2.45. The molecule has 0 aliphatic rings. The van der Waals surface area contributed by atoms with Gasteiger partial charge in [0, 0.05) is 25.1 Å². The van der Waals surface area contributed by atoms with E-state index in [0.29, 0.717) is 6.54 Å². The summed E-state index contributed by atoms with van der Waals surface area (Å²) in [4.78, 5) is 5.57. The minimum absolute atomic E-state index is 0.279. The van der Waals surface area contributed by atoms with E-state index in [2.05, 4.69) is 26.2 Å². The van der Waals surface area contributed by atoms with Crippen molar-refractivity contribution >= 4 is 21.9 Å². The largest absolute Gasteiger partial charge is 0.416 e. The first-order chi connectivity index (χ1) is 9.74. The van der Waals surface area contributed by atoms with Crippen molar-refractivity contribution in [2.75, 3.05) is 20.6 Å². The lowest BCUT2D eigenvalue weighted by atomic mass is 10.2. The van der Waals surface area contributed by atoms with E-state index in [1.54, 1.807) is 11.9 Å². The van der Waals surface area contributed by atoms with Crippen molar-refractivity contribution in [3.63, 3.8) is 0 Å². The van der Waals surface area contributed by atoms with Gasteiger partial charge in [-0.05, 0) is 17.7 Å². The number of aliphatic hydroxyl groups excluding tert-OH is 1. The Morgan fingerprint density at radius 1 is 1.38 bits per heavy atom. The average Bonchev–Trinajstić information content (AvgIpc) is 2.40.